The van der Waals surface area contributed by atoms with E-state index in [0.29, 0.717) is 11.6 Å². The third kappa shape index (κ3) is 5.27. The second-order valence-corrected chi connectivity index (χ2v) is 6.51. The number of nitro groups is 1. The average Bonchev–Trinajstić information content (AvgIpc) is 2.49. The maximum atomic E-state index is 12.2. The van der Waals surface area contributed by atoms with E-state index in [0.717, 1.165) is 11.1 Å². The van der Waals surface area contributed by atoms with Crippen molar-refractivity contribution in [3.05, 3.63) is 68.2 Å². The fourth-order valence-electron chi connectivity index (χ4n) is 2.57. The fourth-order valence-corrected chi connectivity index (χ4v) is 2.74. The van der Waals surface area contributed by atoms with Gasteiger partial charge < -0.3 is 5.32 Å². The Kier molecular flexibility index (Phi) is 6.12. The third-order valence-corrected chi connectivity index (χ3v) is 4.02. The Labute approximate surface area is 151 Å². The van der Waals surface area contributed by atoms with Gasteiger partial charge in [0, 0.05) is 17.6 Å². The molecule has 0 fully saturated rings. The highest BCUT2D eigenvalue weighted by atomic mass is 35.5. The number of amides is 1. The van der Waals surface area contributed by atoms with E-state index in [9.17, 15) is 14.9 Å². The highest BCUT2D eigenvalue weighted by molar-refractivity contribution is 6.31. The van der Waals surface area contributed by atoms with Crippen molar-refractivity contribution < 1.29 is 9.72 Å². The van der Waals surface area contributed by atoms with Crippen molar-refractivity contribution in [2.75, 3.05) is 18.9 Å². The summed E-state index contributed by atoms with van der Waals surface area (Å²) < 4.78 is 0. The monoisotopic (exact) mass is 361 g/mol. The van der Waals surface area contributed by atoms with Crippen molar-refractivity contribution in [3.8, 4) is 0 Å². The zero-order chi connectivity index (χ0) is 18.6. The number of anilines is 1. The van der Waals surface area contributed by atoms with E-state index < -0.39 is 4.92 Å². The van der Waals surface area contributed by atoms with Gasteiger partial charge in [-0.15, -0.1) is 0 Å². The van der Waals surface area contributed by atoms with Crippen LogP contribution >= 0.6 is 11.6 Å². The molecule has 2 aromatic carbocycles. The quantitative estimate of drug-likeness (QED) is 0.624. The van der Waals surface area contributed by atoms with Crippen LogP contribution in [0.5, 0.6) is 0 Å². The van der Waals surface area contributed by atoms with Crippen LogP contribution < -0.4 is 5.32 Å². The highest BCUT2D eigenvalue weighted by Crippen LogP contribution is 2.27. The molecule has 7 heteroatoms. The first-order chi connectivity index (χ1) is 11.8. The zero-order valence-corrected chi connectivity index (χ0v) is 15.1. The Morgan fingerprint density at radius 1 is 1.24 bits per heavy atom. The molecule has 1 amide bonds. The number of halogens is 1. The summed E-state index contributed by atoms with van der Waals surface area (Å²) in [6.45, 7) is 4.78. The summed E-state index contributed by atoms with van der Waals surface area (Å²) >= 11 is 5.86. The molecule has 0 aliphatic heterocycles. The minimum atomic E-state index is -0.550. The van der Waals surface area contributed by atoms with Crippen LogP contribution in [0.25, 0.3) is 0 Å². The predicted molar refractivity (Wildman–Crippen MR) is 99.0 cm³/mol. The van der Waals surface area contributed by atoms with Gasteiger partial charge in [0.05, 0.1) is 11.5 Å². The smallest absolute Gasteiger partial charge is 0.292 e. The van der Waals surface area contributed by atoms with Crippen LogP contribution in [0.1, 0.15) is 16.7 Å². The van der Waals surface area contributed by atoms with Gasteiger partial charge in [0.15, 0.2) is 0 Å². The van der Waals surface area contributed by atoms with Crippen molar-refractivity contribution in [2.45, 2.75) is 20.4 Å². The van der Waals surface area contributed by atoms with Gasteiger partial charge >= 0.3 is 0 Å². The number of hydrogen-bond acceptors (Lipinski definition) is 4. The van der Waals surface area contributed by atoms with Gasteiger partial charge in [-0.2, -0.15) is 0 Å². The van der Waals surface area contributed by atoms with Gasteiger partial charge in [0.1, 0.15) is 5.69 Å². The summed E-state index contributed by atoms with van der Waals surface area (Å²) in [4.78, 5) is 24.6. The number of nitrogens with zero attached hydrogens (tertiary/aromatic N) is 2. The standard InChI is InChI=1S/C18H20ClN3O3/c1-12-4-5-14(13(2)8-12)10-21(3)11-18(23)20-16-9-15(19)6-7-17(16)22(24)25/h4-9H,10-11H2,1-3H3,(H,20,23). The number of carbonyl (C=O) groups excluding carboxylic acids is 1. The molecule has 2 rings (SSSR count). The minimum absolute atomic E-state index is 0.0995. The molecule has 0 atom stereocenters. The van der Waals surface area contributed by atoms with Crippen molar-refractivity contribution in [2.24, 2.45) is 0 Å². The van der Waals surface area contributed by atoms with Crippen LogP contribution in [0.2, 0.25) is 5.02 Å². The number of likely N-dealkylation sites (N-methyl/N-ethyl adjacent to an activating group) is 1. The lowest BCUT2D eigenvalue weighted by atomic mass is 10.1. The highest BCUT2D eigenvalue weighted by Gasteiger charge is 2.17. The topological polar surface area (TPSA) is 75.5 Å². The Bertz CT molecular complexity index is 808. The van der Waals surface area contributed by atoms with E-state index in [4.69, 9.17) is 11.6 Å². The Morgan fingerprint density at radius 3 is 2.60 bits per heavy atom. The number of benzene rings is 2. The summed E-state index contributed by atoms with van der Waals surface area (Å²) in [5.41, 5.74) is 3.40. The summed E-state index contributed by atoms with van der Waals surface area (Å²) in [5, 5.41) is 13.9. The van der Waals surface area contributed by atoms with Crippen LogP contribution in [0.4, 0.5) is 11.4 Å². The molecule has 0 aliphatic rings. The maximum Gasteiger partial charge on any atom is 0.292 e. The van der Waals surface area contributed by atoms with Gasteiger partial charge in [0.2, 0.25) is 5.91 Å². The van der Waals surface area contributed by atoms with Crippen molar-refractivity contribution >= 4 is 28.9 Å². The minimum Gasteiger partial charge on any atom is -0.319 e. The molecule has 0 unspecified atom stereocenters. The van der Waals surface area contributed by atoms with Crippen LogP contribution in [0.15, 0.2) is 36.4 Å². The number of aryl methyl sites for hydroxylation is 2. The van der Waals surface area contributed by atoms with Crippen LogP contribution in [0.3, 0.4) is 0 Å². The summed E-state index contributed by atoms with van der Waals surface area (Å²) in [6, 6.07) is 10.2. The molecule has 0 spiro atoms. The molecule has 1 N–H and O–H groups in total. The summed E-state index contributed by atoms with van der Waals surface area (Å²) in [6.07, 6.45) is 0. The number of hydrogen-bond donors (Lipinski definition) is 1. The first-order valence-electron chi connectivity index (χ1n) is 7.74. The van der Waals surface area contributed by atoms with Crippen molar-refractivity contribution in [1.82, 2.24) is 4.90 Å². The van der Waals surface area contributed by atoms with E-state index in [2.05, 4.69) is 11.4 Å². The molecular weight excluding hydrogens is 342 g/mol. The maximum absolute atomic E-state index is 12.2. The molecule has 6 nitrogen and oxygen atoms in total. The van der Waals surface area contributed by atoms with Crippen molar-refractivity contribution in [1.29, 1.82) is 0 Å². The summed E-state index contributed by atoms with van der Waals surface area (Å²) in [7, 11) is 1.82. The Balaban J connectivity index is 2.02. The molecular formula is C18H20ClN3O3. The largest absolute Gasteiger partial charge is 0.319 e. The van der Waals surface area contributed by atoms with Gasteiger partial charge in [-0.05, 0) is 44.2 Å². The van der Waals surface area contributed by atoms with E-state index in [-0.39, 0.29) is 23.8 Å². The number of carbonyl (C=O) groups is 1. The lowest BCUT2D eigenvalue weighted by Gasteiger charge is -2.18. The normalized spacial score (nSPS) is 10.8. The lowest BCUT2D eigenvalue weighted by molar-refractivity contribution is -0.383. The van der Waals surface area contributed by atoms with Crippen LogP contribution in [-0.2, 0) is 11.3 Å². The van der Waals surface area contributed by atoms with Crippen LogP contribution in [-0.4, -0.2) is 29.3 Å². The molecule has 0 aliphatic carbocycles. The molecule has 0 aromatic heterocycles. The molecule has 0 saturated heterocycles. The molecule has 0 heterocycles. The summed E-state index contributed by atoms with van der Waals surface area (Å²) in [5.74, 6) is -0.336. The molecule has 25 heavy (non-hydrogen) atoms. The molecule has 0 bridgehead atoms. The molecule has 132 valence electrons. The Morgan fingerprint density at radius 2 is 1.96 bits per heavy atom. The number of nitrogens with one attached hydrogen (secondary N) is 1. The number of nitro benzene ring substituents is 1. The van der Waals surface area contributed by atoms with Crippen molar-refractivity contribution in [3.63, 3.8) is 0 Å². The van der Waals surface area contributed by atoms with Gasteiger partial charge in [-0.3, -0.25) is 19.8 Å². The predicted octanol–water partition coefficient (Wildman–Crippen LogP) is 3.94. The molecule has 0 saturated carbocycles. The van der Waals surface area contributed by atoms with E-state index in [1.54, 1.807) is 0 Å². The SMILES string of the molecule is Cc1ccc(CN(C)CC(=O)Nc2cc(Cl)ccc2[N+](=O)[O-])c(C)c1. The third-order valence-electron chi connectivity index (χ3n) is 3.78. The first-order valence-corrected chi connectivity index (χ1v) is 8.12. The van der Waals surface area contributed by atoms with Gasteiger partial charge in [0.25, 0.3) is 5.69 Å². The number of rotatable bonds is 6. The fraction of sp³-hybridized carbons (Fsp3) is 0.278. The second kappa shape index (κ2) is 8.09. The van der Waals surface area contributed by atoms with E-state index in [1.807, 2.05) is 37.9 Å². The lowest BCUT2D eigenvalue weighted by Crippen LogP contribution is -2.30. The van der Waals surface area contributed by atoms with Crippen LogP contribution in [0, 0.1) is 24.0 Å². The zero-order valence-electron chi connectivity index (χ0n) is 14.4. The average molecular weight is 362 g/mol. The first kappa shape index (κ1) is 18.9. The van der Waals surface area contributed by atoms with E-state index >= 15 is 0 Å². The molecule has 2 aromatic rings. The van der Waals surface area contributed by atoms with Gasteiger partial charge in [-0.1, -0.05) is 35.4 Å². The van der Waals surface area contributed by atoms with Gasteiger partial charge in [-0.25, -0.2) is 0 Å². The van der Waals surface area contributed by atoms with E-state index in [1.165, 1.54) is 23.8 Å². The molecule has 0 radical (unpaired) electrons. The second-order valence-electron chi connectivity index (χ2n) is 6.07. The Hall–Kier alpha value is -2.44.